The molecule has 1 heterocycles. The van der Waals surface area contributed by atoms with Gasteiger partial charge in [0.1, 0.15) is 5.75 Å². The number of nitrogens with one attached hydrogen (secondary N) is 1. The molecule has 0 aliphatic rings. The summed E-state index contributed by atoms with van der Waals surface area (Å²) in [6.07, 6.45) is -0.415. The number of carbonyl (C=O) groups excluding carboxylic acids is 1. The molecule has 0 bridgehead atoms. The van der Waals surface area contributed by atoms with Crippen LogP contribution in [0.1, 0.15) is 18.9 Å². The lowest BCUT2D eigenvalue weighted by molar-refractivity contribution is -0.113. The first-order valence-electron chi connectivity index (χ1n) is 9.84. The van der Waals surface area contributed by atoms with Crippen LogP contribution in [0, 0.1) is 0 Å². The van der Waals surface area contributed by atoms with E-state index in [0.29, 0.717) is 26.8 Å². The number of hydrogen-bond donors (Lipinski definition) is 1. The molecule has 1 amide bonds. The third-order valence-corrected chi connectivity index (χ3v) is 6.39. The van der Waals surface area contributed by atoms with Crippen LogP contribution in [0.5, 0.6) is 5.75 Å². The zero-order valence-corrected chi connectivity index (χ0v) is 19.7. The number of amides is 1. The second kappa shape index (κ2) is 9.81. The summed E-state index contributed by atoms with van der Waals surface area (Å²) in [4.78, 5) is 12.6. The van der Waals surface area contributed by atoms with E-state index in [2.05, 4.69) is 15.5 Å². The van der Waals surface area contributed by atoms with Gasteiger partial charge in [-0.2, -0.15) is 0 Å². The van der Waals surface area contributed by atoms with E-state index in [4.69, 9.17) is 27.9 Å². The third kappa shape index (κ3) is 5.01. The van der Waals surface area contributed by atoms with Crippen molar-refractivity contribution in [1.29, 1.82) is 0 Å². The molecule has 32 heavy (non-hydrogen) atoms. The molecule has 0 radical (unpaired) electrons. The van der Waals surface area contributed by atoms with E-state index in [1.54, 1.807) is 22.8 Å². The van der Waals surface area contributed by atoms with E-state index in [0.717, 1.165) is 16.5 Å². The Balaban J connectivity index is 1.40. The van der Waals surface area contributed by atoms with Gasteiger partial charge in [0.15, 0.2) is 17.1 Å². The number of carbonyl (C=O) groups is 1. The number of hydrogen-bond acceptors (Lipinski definition) is 5. The van der Waals surface area contributed by atoms with Gasteiger partial charge < -0.3 is 14.6 Å². The number of halogens is 2. The van der Waals surface area contributed by atoms with Crippen molar-refractivity contribution in [2.75, 3.05) is 11.1 Å². The fourth-order valence-corrected chi connectivity index (χ4v) is 4.31. The summed E-state index contributed by atoms with van der Waals surface area (Å²) in [6.45, 7) is 1.85. The lowest BCUT2D eigenvalue weighted by atomic mass is 10.1. The van der Waals surface area contributed by atoms with Crippen LogP contribution in [-0.2, 0) is 11.8 Å². The quantitative estimate of drug-likeness (QED) is 0.317. The topological polar surface area (TPSA) is 69.0 Å². The predicted molar refractivity (Wildman–Crippen MR) is 130 cm³/mol. The summed E-state index contributed by atoms with van der Waals surface area (Å²) < 4.78 is 7.73. The van der Waals surface area contributed by atoms with Crippen LogP contribution >= 0.6 is 35.0 Å². The van der Waals surface area contributed by atoms with Crippen LogP contribution in [0.4, 0.5) is 5.69 Å². The SMILES string of the molecule is CC(Oc1cc(Cl)ccc1Cl)c1nnc(SCC(=O)Nc2cccc3ccccc23)n1C. The summed E-state index contributed by atoms with van der Waals surface area (Å²) in [6, 6.07) is 18.8. The normalized spacial score (nSPS) is 12.0. The van der Waals surface area contributed by atoms with Crippen LogP contribution in [0.2, 0.25) is 10.0 Å². The fourth-order valence-electron chi connectivity index (χ4n) is 3.27. The molecule has 0 fully saturated rings. The first-order valence-corrected chi connectivity index (χ1v) is 11.6. The Morgan fingerprint density at radius 3 is 2.75 bits per heavy atom. The van der Waals surface area contributed by atoms with Gasteiger partial charge in [0.25, 0.3) is 0 Å². The molecule has 0 spiro atoms. The monoisotopic (exact) mass is 486 g/mol. The van der Waals surface area contributed by atoms with Crippen molar-refractivity contribution in [3.63, 3.8) is 0 Å². The number of rotatable bonds is 7. The molecule has 3 aromatic carbocycles. The number of benzene rings is 3. The summed E-state index contributed by atoms with van der Waals surface area (Å²) in [7, 11) is 1.83. The lowest BCUT2D eigenvalue weighted by Gasteiger charge is -2.15. The molecule has 4 rings (SSSR count). The van der Waals surface area contributed by atoms with Gasteiger partial charge in [-0.25, -0.2) is 0 Å². The Bertz CT molecular complexity index is 1270. The number of ether oxygens (including phenoxy) is 1. The highest BCUT2D eigenvalue weighted by molar-refractivity contribution is 7.99. The predicted octanol–water partition coefficient (Wildman–Crippen LogP) is 6.15. The lowest BCUT2D eigenvalue weighted by Crippen LogP contribution is -2.15. The van der Waals surface area contributed by atoms with Gasteiger partial charge in [-0.05, 0) is 30.5 Å². The largest absolute Gasteiger partial charge is 0.481 e. The van der Waals surface area contributed by atoms with E-state index >= 15 is 0 Å². The molecule has 4 aromatic rings. The maximum absolute atomic E-state index is 12.6. The molecule has 1 atom stereocenters. The Morgan fingerprint density at radius 1 is 1.12 bits per heavy atom. The van der Waals surface area contributed by atoms with Gasteiger partial charge in [-0.3, -0.25) is 4.79 Å². The van der Waals surface area contributed by atoms with Crippen molar-refractivity contribution in [1.82, 2.24) is 14.8 Å². The van der Waals surface area contributed by atoms with Crippen LogP contribution in [0.25, 0.3) is 10.8 Å². The maximum Gasteiger partial charge on any atom is 0.234 e. The highest BCUT2D eigenvalue weighted by Crippen LogP contribution is 2.32. The average molecular weight is 487 g/mol. The third-order valence-electron chi connectivity index (χ3n) is 4.83. The summed E-state index contributed by atoms with van der Waals surface area (Å²) in [5.41, 5.74) is 0.785. The molecular formula is C23H20Cl2N4O2S. The van der Waals surface area contributed by atoms with Gasteiger partial charge in [0, 0.05) is 29.2 Å². The fraction of sp³-hybridized carbons (Fsp3) is 0.174. The summed E-state index contributed by atoms with van der Waals surface area (Å²) in [5.74, 6) is 1.16. The molecule has 0 aliphatic heterocycles. The van der Waals surface area contributed by atoms with Crippen molar-refractivity contribution < 1.29 is 9.53 Å². The van der Waals surface area contributed by atoms with Gasteiger partial charge in [-0.1, -0.05) is 71.4 Å². The van der Waals surface area contributed by atoms with Crippen LogP contribution in [-0.4, -0.2) is 26.4 Å². The minimum Gasteiger partial charge on any atom is -0.481 e. The standard InChI is InChI=1S/C23H20Cl2N4O2S/c1-14(31-20-12-16(24)10-11-18(20)25)22-27-28-23(29(22)2)32-13-21(30)26-19-9-5-7-15-6-3-4-8-17(15)19/h3-12,14H,13H2,1-2H3,(H,26,30). The molecule has 0 saturated carbocycles. The molecule has 0 saturated heterocycles. The Labute approximate surface area is 199 Å². The number of thioether (sulfide) groups is 1. The van der Waals surface area contributed by atoms with E-state index in [1.807, 2.05) is 56.4 Å². The minimum absolute atomic E-state index is 0.120. The van der Waals surface area contributed by atoms with Gasteiger partial charge in [0.2, 0.25) is 5.91 Å². The van der Waals surface area contributed by atoms with E-state index in [9.17, 15) is 4.79 Å². The molecule has 6 nitrogen and oxygen atoms in total. The Hall–Kier alpha value is -2.74. The zero-order chi connectivity index (χ0) is 22.7. The first-order chi connectivity index (χ1) is 15.4. The molecule has 1 aromatic heterocycles. The Morgan fingerprint density at radius 2 is 1.91 bits per heavy atom. The van der Waals surface area contributed by atoms with Crippen molar-refractivity contribution in [3.05, 3.63) is 76.5 Å². The van der Waals surface area contributed by atoms with Crippen LogP contribution < -0.4 is 10.1 Å². The molecule has 1 N–H and O–H groups in total. The van der Waals surface area contributed by atoms with Gasteiger partial charge in [0.05, 0.1) is 10.8 Å². The van der Waals surface area contributed by atoms with E-state index in [-0.39, 0.29) is 11.7 Å². The zero-order valence-electron chi connectivity index (χ0n) is 17.4. The number of aromatic nitrogens is 3. The van der Waals surface area contributed by atoms with E-state index in [1.165, 1.54) is 11.8 Å². The molecule has 164 valence electrons. The summed E-state index contributed by atoms with van der Waals surface area (Å²) >= 11 is 13.5. The van der Waals surface area contributed by atoms with Crippen LogP contribution in [0.3, 0.4) is 0 Å². The summed E-state index contributed by atoms with van der Waals surface area (Å²) in [5, 5.41) is 15.1. The smallest absolute Gasteiger partial charge is 0.234 e. The molecular weight excluding hydrogens is 467 g/mol. The maximum atomic E-state index is 12.6. The van der Waals surface area contributed by atoms with Crippen molar-refractivity contribution >= 4 is 57.3 Å². The van der Waals surface area contributed by atoms with Crippen molar-refractivity contribution in [3.8, 4) is 5.75 Å². The van der Waals surface area contributed by atoms with Crippen molar-refractivity contribution in [2.45, 2.75) is 18.2 Å². The molecule has 9 heteroatoms. The number of nitrogens with zero attached hydrogens (tertiary/aromatic N) is 3. The highest BCUT2D eigenvalue weighted by atomic mass is 35.5. The first kappa shape index (κ1) is 22.5. The number of anilines is 1. The van der Waals surface area contributed by atoms with E-state index < -0.39 is 6.10 Å². The minimum atomic E-state index is -0.415. The number of fused-ring (bicyclic) bond motifs is 1. The van der Waals surface area contributed by atoms with Crippen LogP contribution in [0.15, 0.2) is 65.8 Å². The molecule has 1 unspecified atom stereocenters. The molecule has 0 aliphatic carbocycles. The van der Waals surface area contributed by atoms with Crippen molar-refractivity contribution in [2.24, 2.45) is 7.05 Å². The Kier molecular flexibility index (Phi) is 6.89. The second-order valence-corrected chi connectivity index (χ2v) is 8.88. The highest BCUT2D eigenvalue weighted by Gasteiger charge is 2.19. The second-order valence-electron chi connectivity index (χ2n) is 7.10. The average Bonchev–Trinajstić information content (AvgIpc) is 3.15. The van der Waals surface area contributed by atoms with Gasteiger partial charge in [-0.15, -0.1) is 10.2 Å². The van der Waals surface area contributed by atoms with Gasteiger partial charge >= 0.3 is 0 Å².